The number of hydrogen-bond acceptors (Lipinski definition) is 4. The molecule has 1 aliphatic carbocycles. The van der Waals surface area contributed by atoms with Crippen molar-refractivity contribution in [1.29, 1.82) is 0 Å². The first kappa shape index (κ1) is 18.3. The maximum Gasteiger partial charge on any atom is 0.410 e. The Bertz CT molecular complexity index is 523. The molecule has 0 radical (unpaired) electrons. The van der Waals surface area contributed by atoms with E-state index in [1.165, 1.54) is 0 Å². The normalized spacial score (nSPS) is 20.2. The van der Waals surface area contributed by atoms with Gasteiger partial charge in [-0.2, -0.15) is 0 Å². The van der Waals surface area contributed by atoms with E-state index >= 15 is 0 Å². The summed E-state index contributed by atoms with van der Waals surface area (Å²) in [4.78, 5) is 25.4. The van der Waals surface area contributed by atoms with Crippen molar-refractivity contribution in [2.45, 2.75) is 51.7 Å². The van der Waals surface area contributed by atoms with Crippen molar-refractivity contribution < 1.29 is 19.1 Å². The van der Waals surface area contributed by atoms with Crippen molar-refractivity contribution in [3.8, 4) is 0 Å². The number of amides is 1. The number of carbonyl (C=O) groups is 2. The molecule has 1 aromatic rings. The molecule has 0 bridgehead atoms. The fraction of sp³-hybridized carbons (Fsp3) is 0.579. The number of esters is 1. The number of hydrogen-bond donors (Lipinski definition) is 0. The highest BCUT2D eigenvalue weighted by Gasteiger charge is 2.28. The fourth-order valence-electron chi connectivity index (χ4n) is 3.16. The van der Waals surface area contributed by atoms with Gasteiger partial charge in [-0.3, -0.25) is 4.79 Å². The van der Waals surface area contributed by atoms with Crippen LogP contribution in [0.1, 0.15) is 44.6 Å². The zero-order valence-corrected chi connectivity index (χ0v) is 14.6. The third kappa shape index (κ3) is 5.55. The highest BCUT2D eigenvalue weighted by atomic mass is 16.6. The van der Waals surface area contributed by atoms with Gasteiger partial charge in [0.1, 0.15) is 6.61 Å². The monoisotopic (exact) mass is 333 g/mol. The molecule has 2 rings (SSSR count). The second-order valence-corrected chi connectivity index (χ2v) is 6.33. The topological polar surface area (TPSA) is 55.8 Å². The molecule has 1 saturated carbocycles. The van der Waals surface area contributed by atoms with Gasteiger partial charge in [0.05, 0.1) is 6.61 Å². The van der Waals surface area contributed by atoms with E-state index in [1.54, 1.807) is 11.9 Å². The van der Waals surface area contributed by atoms with Crippen molar-refractivity contribution in [3.63, 3.8) is 0 Å². The van der Waals surface area contributed by atoms with E-state index in [0.29, 0.717) is 25.6 Å². The minimum atomic E-state index is -0.285. The van der Waals surface area contributed by atoms with Crippen LogP contribution >= 0.6 is 0 Å². The standard InChI is InChI=1S/C19H27NO4/c1-3-23-18(21)13-15-9-11-17(12-10-15)20(2)19(22)24-14-16-7-5-4-6-8-16/h4-8,15,17H,3,9-14H2,1-2H3/t15-,17-. The molecule has 0 unspecified atom stereocenters. The van der Waals surface area contributed by atoms with Crippen LogP contribution in [-0.4, -0.2) is 36.7 Å². The SMILES string of the molecule is CCOC(=O)C[C@H]1CC[C@H](N(C)C(=O)OCc2ccccc2)CC1. The Morgan fingerprint density at radius 3 is 2.38 bits per heavy atom. The van der Waals surface area contributed by atoms with Crippen LogP contribution in [0.25, 0.3) is 0 Å². The van der Waals surface area contributed by atoms with Crippen LogP contribution in [0.15, 0.2) is 30.3 Å². The van der Waals surface area contributed by atoms with Gasteiger partial charge in [0, 0.05) is 19.5 Å². The smallest absolute Gasteiger partial charge is 0.410 e. The third-order valence-electron chi connectivity index (χ3n) is 4.62. The summed E-state index contributed by atoms with van der Waals surface area (Å²) in [6, 6.07) is 9.86. The summed E-state index contributed by atoms with van der Waals surface area (Å²) in [5.74, 6) is 0.255. The van der Waals surface area contributed by atoms with E-state index in [-0.39, 0.29) is 18.1 Å². The molecule has 1 aromatic carbocycles. The lowest BCUT2D eigenvalue weighted by Gasteiger charge is -2.33. The Morgan fingerprint density at radius 2 is 1.75 bits per heavy atom. The van der Waals surface area contributed by atoms with Crippen molar-refractivity contribution in [2.75, 3.05) is 13.7 Å². The summed E-state index contributed by atoms with van der Waals surface area (Å²) in [5.41, 5.74) is 0.984. The Labute approximate surface area is 143 Å². The minimum Gasteiger partial charge on any atom is -0.466 e. The molecule has 0 N–H and O–H groups in total. The van der Waals surface area contributed by atoms with E-state index in [2.05, 4.69) is 0 Å². The zero-order valence-electron chi connectivity index (χ0n) is 14.6. The highest BCUT2D eigenvalue weighted by molar-refractivity contribution is 5.69. The molecule has 0 aromatic heterocycles. The molecule has 1 amide bonds. The summed E-state index contributed by atoms with van der Waals surface area (Å²) in [6.07, 6.45) is 3.90. The predicted molar refractivity (Wildman–Crippen MR) is 91.4 cm³/mol. The van der Waals surface area contributed by atoms with E-state index in [1.807, 2.05) is 37.3 Å². The number of nitrogens with zero attached hydrogens (tertiary/aromatic N) is 1. The molecule has 0 aliphatic heterocycles. The first-order valence-corrected chi connectivity index (χ1v) is 8.69. The quantitative estimate of drug-likeness (QED) is 0.744. The number of ether oxygens (including phenoxy) is 2. The minimum absolute atomic E-state index is 0.114. The Morgan fingerprint density at radius 1 is 1.08 bits per heavy atom. The van der Waals surface area contributed by atoms with Gasteiger partial charge in [0.15, 0.2) is 0 Å². The van der Waals surface area contributed by atoms with Gasteiger partial charge in [-0.25, -0.2) is 4.79 Å². The molecule has 0 heterocycles. The number of benzene rings is 1. The molecule has 24 heavy (non-hydrogen) atoms. The van der Waals surface area contributed by atoms with E-state index in [0.717, 1.165) is 31.2 Å². The second-order valence-electron chi connectivity index (χ2n) is 6.33. The molecule has 0 saturated heterocycles. The molecule has 1 fully saturated rings. The number of rotatable bonds is 6. The fourth-order valence-corrected chi connectivity index (χ4v) is 3.16. The Balaban J connectivity index is 1.72. The second kappa shape index (κ2) is 9.30. The third-order valence-corrected chi connectivity index (χ3v) is 4.62. The van der Waals surface area contributed by atoms with Crippen LogP contribution in [-0.2, 0) is 20.9 Å². The van der Waals surface area contributed by atoms with Gasteiger partial charge in [-0.15, -0.1) is 0 Å². The van der Waals surface area contributed by atoms with Gasteiger partial charge in [-0.1, -0.05) is 30.3 Å². The zero-order chi connectivity index (χ0) is 17.4. The molecule has 132 valence electrons. The molecule has 5 heteroatoms. The Kier molecular flexibility index (Phi) is 7.09. The lowest BCUT2D eigenvalue weighted by molar-refractivity contribution is -0.144. The van der Waals surface area contributed by atoms with Crippen LogP contribution in [0.3, 0.4) is 0 Å². The van der Waals surface area contributed by atoms with Crippen LogP contribution in [0.2, 0.25) is 0 Å². The lowest BCUT2D eigenvalue weighted by Crippen LogP contribution is -2.40. The van der Waals surface area contributed by atoms with Crippen molar-refractivity contribution in [2.24, 2.45) is 5.92 Å². The summed E-state index contributed by atoms with van der Waals surface area (Å²) in [7, 11) is 1.80. The average Bonchev–Trinajstić information content (AvgIpc) is 2.61. The lowest BCUT2D eigenvalue weighted by atomic mass is 9.84. The van der Waals surface area contributed by atoms with Gasteiger partial charge >= 0.3 is 12.1 Å². The molecular weight excluding hydrogens is 306 g/mol. The first-order chi connectivity index (χ1) is 11.6. The van der Waals surface area contributed by atoms with Crippen molar-refractivity contribution in [1.82, 2.24) is 4.90 Å². The predicted octanol–water partition coefficient (Wildman–Crippen LogP) is 3.77. The molecule has 1 aliphatic rings. The summed E-state index contributed by atoms with van der Waals surface area (Å²) in [5, 5.41) is 0. The largest absolute Gasteiger partial charge is 0.466 e. The van der Waals surface area contributed by atoms with Crippen LogP contribution in [0.5, 0.6) is 0 Å². The molecule has 0 atom stereocenters. The maximum atomic E-state index is 12.2. The maximum absolute atomic E-state index is 12.2. The summed E-state index contributed by atoms with van der Waals surface area (Å²) >= 11 is 0. The molecular formula is C19H27NO4. The van der Waals surface area contributed by atoms with E-state index < -0.39 is 0 Å². The van der Waals surface area contributed by atoms with E-state index in [9.17, 15) is 9.59 Å². The van der Waals surface area contributed by atoms with Crippen LogP contribution in [0, 0.1) is 5.92 Å². The highest BCUT2D eigenvalue weighted by Crippen LogP contribution is 2.29. The van der Waals surface area contributed by atoms with Crippen molar-refractivity contribution in [3.05, 3.63) is 35.9 Å². The van der Waals surface area contributed by atoms with Gasteiger partial charge < -0.3 is 14.4 Å². The number of carbonyl (C=O) groups excluding carboxylic acids is 2. The van der Waals surface area contributed by atoms with Crippen LogP contribution in [0.4, 0.5) is 4.79 Å². The average molecular weight is 333 g/mol. The van der Waals surface area contributed by atoms with Gasteiger partial charge in [-0.05, 0) is 44.1 Å². The van der Waals surface area contributed by atoms with Gasteiger partial charge in [0.2, 0.25) is 0 Å². The summed E-state index contributed by atoms with van der Waals surface area (Å²) < 4.78 is 10.4. The summed E-state index contributed by atoms with van der Waals surface area (Å²) in [6.45, 7) is 2.55. The Hall–Kier alpha value is -2.04. The molecule has 0 spiro atoms. The van der Waals surface area contributed by atoms with E-state index in [4.69, 9.17) is 9.47 Å². The van der Waals surface area contributed by atoms with Crippen molar-refractivity contribution >= 4 is 12.1 Å². The van der Waals surface area contributed by atoms with Gasteiger partial charge in [0.25, 0.3) is 0 Å². The first-order valence-electron chi connectivity index (χ1n) is 8.69. The van der Waals surface area contributed by atoms with Crippen LogP contribution < -0.4 is 0 Å². The molecule has 5 nitrogen and oxygen atoms in total.